The molecule has 0 aliphatic carbocycles. The van der Waals surface area contributed by atoms with Crippen molar-refractivity contribution >= 4 is 17.5 Å². The second-order valence-electron chi connectivity index (χ2n) is 3.85. The quantitative estimate of drug-likeness (QED) is 0.844. The molecule has 1 rings (SSSR count). The Morgan fingerprint density at radius 3 is 2.33 bits per heavy atom. The summed E-state index contributed by atoms with van der Waals surface area (Å²) in [5.41, 5.74) is 0.0511. The predicted octanol–water partition coefficient (Wildman–Crippen LogP) is 2.99. The van der Waals surface area contributed by atoms with Crippen molar-refractivity contribution in [3.05, 3.63) is 35.4 Å². The Morgan fingerprint density at radius 2 is 1.89 bits per heavy atom. The maximum absolute atomic E-state index is 12.3. The van der Waals surface area contributed by atoms with Crippen LogP contribution in [-0.2, 0) is 17.4 Å². The molecule has 100 valence electrons. The van der Waals surface area contributed by atoms with Gasteiger partial charge in [0, 0.05) is 6.54 Å². The van der Waals surface area contributed by atoms with Crippen LogP contribution in [0.25, 0.3) is 0 Å². The summed E-state index contributed by atoms with van der Waals surface area (Å²) >= 11 is 5.54. The lowest BCUT2D eigenvalue weighted by molar-refractivity contribution is -0.137. The third kappa shape index (κ3) is 4.56. The summed E-state index contributed by atoms with van der Waals surface area (Å²) in [5.74, 6) is -0.288. The van der Waals surface area contributed by atoms with Gasteiger partial charge < -0.3 is 5.32 Å². The van der Waals surface area contributed by atoms with Crippen molar-refractivity contribution in [2.45, 2.75) is 24.9 Å². The molecule has 1 amide bonds. The Labute approximate surface area is 108 Å². The van der Waals surface area contributed by atoms with Crippen LogP contribution in [0.1, 0.15) is 18.1 Å². The number of hydrogen-bond acceptors (Lipinski definition) is 1. The first-order valence-electron chi connectivity index (χ1n) is 5.38. The smallest absolute Gasteiger partial charge is 0.354 e. The zero-order valence-electron chi connectivity index (χ0n) is 9.72. The van der Waals surface area contributed by atoms with Crippen LogP contribution in [0.15, 0.2) is 24.3 Å². The first-order valence-corrected chi connectivity index (χ1v) is 5.82. The van der Waals surface area contributed by atoms with Crippen molar-refractivity contribution in [3.8, 4) is 0 Å². The maximum Gasteiger partial charge on any atom is 0.416 e. The lowest BCUT2D eigenvalue weighted by atomic mass is 10.1. The molecule has 1 atom stereocenters. The number of carbonyl (C=O) groups excluding carboxylic acids is 1. The Kier molecular flexibility index (Phi) is 5.02. The number of rotatable bonds is 4. The summed E-state index contributed by atoms with van der Waals surface area (Å²) in [5, 5.41) is 1.97. The topological polar surface area (TPSA) is 29.1 Å². The standard InChI is InChI=1S/C12H13ClF3NO/c1-8(13)11(18)17-7-6-9-2-4-10(5-3-9)12(14,15)16/h2-5,8H,6-7H2,1H3,(H,17,18). The summed E-state index contributed by atoms with van der Waals surface area (Å²) in [6.07, 6.45) is -3.85. The molecule has 0 aromatic heterocycles. The van der Waals surface area contributed by atoms with Crippen molar-refractivity contribution < 1.29 is 18.0 Å². The molecule has 0 aliphatic heterocycles. The van der Waals surface area contributed by atoms with Gasteiger partial charge in [-0.2, -0.15) is 13.2 Å². The van der Waals surface area contributed by atoms with E-state index in [2.05, 4.69) is 5.32 Å². The fourth-order valence-corrected chi connectivity index (χ4v) is 1.41. The fourth-order valence-electron chi connectivity index (χ4n) is 1.33. The molecule has 0 heterocycles. The highest BCUT2D eigenvalue weighted by molar-refractivity contribution is 6.30. The van der Waals surface area contributed by atoms with E-state index in [-0.39, 0.29) is 5.91 Å². The normalized spacial score (nSPS) is 13.2. The van der Waals surface area contributed by atoms with Crippen LogP contribution in [-0.4, -0.2) is 17.8 Å². The van der Waals surface area contributed by atoms with E-state index in [1.54, 1.807) is 6.92 Å². The van der Waals surface area contributed by atoms with Crippen LogP contribution in [0.4, 0.5) is 13.2 Å². The Morgan fingerprint density at radius 1 is 1.33 bits per heavy atom. The zero-order valence-corrected chi connectivity index (χ0v) is 10.5. The van der Waals surface area contributed by atoms with Gasteiger partial charge in [-0.1, -0.05) is 12.1 Å². The molecule has 0 saturated carbocycles. The first-order chi connectivity index (χ1) is 8.30. The SMILES string of the molecule is CC(Cl)C(=O)NCCc1ccc(C(F)(F)F)cc1. The Hall–Kier alpha value is -1.23. The zero-order chi connectivity index (χ0) is 13.8. The lowest BCUT2D eigenvalue weighted by Crippen LogP contribution is -2.31. The van der Waals surface area contributed by atoms with Gasteiger partial charge in [-0.05, 0) is 31.0 Å². The molecular weight excluding hydrogens is 267 g/mol. The lowest BCUT2D eigenvalue weighted by Gasteiger charge is -2.08. The summed E-state index contributed by atoms with van der Waals surface area (Å²) in [4.78, 5) is 11.1. The van der Waals surface area contributed by atoms with E-state index in [4.69, 9.17) is 11.6 Å². The van der Waals surface area contributed by atoms with Crippen molar-refractivity contribution in [2.75, 3.05) is 6.54 Å². The van der Waals surface area contributed by atoms with Gasteiger partial charge in [0.2, 0.25) is 5.91 Å². The van der Waals surface area contributed by atoms with Gasteiger partial charge in [0.15, 0.2) is 0 Å². The van der Waals surface area contributed by atoms with Crippen LogP contribution in [0.3, 0.4) is 0 Å². The molecule has 1 unspecified atom stereocenters. The molecule has 1 N–H and O–H groups in total. The van der Waals surface area contributed by atoms with Gasteiger partial charge in [0.25, 0.3) is 0 Å². The Balaban J connectivity index is 2.47. The molecule has 0 radical (unpaired) electrons. The van der Waals surface area contributed by atoms with Gasteiger partial charge in [-0.15, -0.1) is 11.6 Å². The molecule has 1 aromatic rings. The molecular formula is C12H13ClF3NO. The summed E-state index contributed by atoms with van der Waals surface area (Å²) in [6.45, 7) is 1.90. The van der Waals surface area contributed by atoms with E-state index >= 15 is 0 Å². The number of amides is 1. The van der Waals surface area contributed by atoms with Crippen molar-refractivity contribution in [1.82, 2.24) is 5.32 Å². The second kappa shape index (κ2) is 6.09. The average Bonchev–Trinajstić information content (AvgIpc) is 2.28. The first kappa shape index (κ1) is 14.8. The van der Waals surface area contributed by atoms with Crippen molar-refractivity contribution in [2.24, 2.45) is 0 Å². The minimum Gasteiger partial charge on any atom is -0.354 e. The number of alkyl halides is 4. The van der Waals surface area contributed by atoms with Crippen LogP contribution >= 0.6 is 11.6 Å². The molecule has 6 heteroatoms. The highest BCUT2D eigenvalue weighted by atomic mass is 35.5. The van der Waals surface area contributed by atoms with E-state index < -0.39 is 17.1 Å². The highest BCUT2D eigenvalue weighted by Gasteiger charge is 2.29. The minimum atomic E-state index is -4.32. The van der Waals surface area contributed by atoms with Crippen LogP contribution in [0.2, 0.25) is 0 Å². The van der Waals surface area contributed by atoms with Gasteiger partial charge in [0.1, 0.15) is 5.38 Å². The average molecular weight is 280 g/mol. The monoisotopic (exact) mass is 279 g/mol. The van der Waals surface area contributed by atoms with E-state index in [1.165, 1.54) is 12.1 Å². The highest BCUT2D eigenvalue weighted by Crippen LogP contribution is 2.29. The number of benzene rings is 1. The molecule has 0 fully saturated rings. The molecule has 18 heavy (non-hydrogen) atoms. The number of halogens is 4. The van der Waals surface area contributed by atoms with Gasteiger partial charge >= 0.3 is 6.18 Å². The molecule has 0 bridgehead atoms. The molecule has 0 spiro atoms. The predicted molar refractivity (Wildman–Crippen MR) is 63.5 cm³/mol. The fraction of sp³-hybridized carbons (Fsp3) is 0.417. The minimum absolute atomic E-state index is 0.288. The Bertz CT molecular complexity index is 401. The number of nitrogens with one attached hydrogen (secondary N) is 1. The van der Waals surface area contributed by atoms with E-state index in [1.807, 2.05) is 0 Å². The van der Waals surface area contributed by atoms with Gasteiger partial charge in [0.05, 0.1) is 5.56 Å². The van der Waals surface area contributed by atoms with E-state index in [0.29, 0.717) is 13.0 Å². The number of hydrogen-bond donors (Lipinski definition) is 1. The maximum atomic E-state index is 12.3. The van der Waals surface area contributed by atoms with Crippen LogP contribution < -0.4 is 5.32 Å². The third-order valence-corrected chi connectivity index (χ3v) is 2.55. The van der Waals surface area contributed by atoms with E-state index in [9.17, 15) is 18.0 Å². The van der Waals surface area contributed by atoms with Crippen LogP contribution in [0.5, 0.6) is 0 Å². The van der Waals surface area contributed by atoms with Crippen LogP contribution in [0, 0.1) is 0 Å². The van der Waals surface area contributed by atoms with Crippen molar-refractivity contribution in [1.29, 1.82) is 0 Å². The molecule has 1 aromatic carbocycles. The van der Waals surface area contributed by atoms with Gasteiger partial charge in [-0.3, -0.25) is 4.79 Å². The second-order valence-corrected chi connectivity index (χ2v) is 4.51. The summed E-state index contributed by atoms with van der Waals surface area (Å²) in [6, 6.07) is 4.86. The number of carbonyl (C=O) groups is 1. The van der Waals surface area contributed by atoms with E-state index in [0.717, 1.165) is 17.7 Å². The largest absolute Gasteiger partial charge is 0.416 e. The summed E-state index contributed by atoms with van der Waals surface area (Å²) in [7, 11) is 0. The summed E-state index contributed by atoms with van der Waals surface area (Å²) < 4.78 is 36.9. The molecule has 0 aliphatic rings. The third-order valence-electron chi connectivity index (χ3n) is 2.36. The van der Waals surface area contributed by atoms with Crippen molar-refractivity contribution in [3.63, 3.8) is 0 Å². The molecule has 2 nitrogen and oxygen atoms in total. The molecule has 0 saturated heterocycles. The van der Waals surface area contributed by atoms with Gasteiger partial charge in [-0.25, -0.2) is 0 Å².